The number of aryl methyl sites for hydroxylation is 1. The van der Waals surface area contributed by atoms with Crippen molar-refractivity contribution in [2.24, 2.45) is 0 Å². The van der Waals surface area contributed by atoms with Gasteiger partial charge in [0.1, 0.15) is 6.04 Å². The van der Waals surface area contributed by atoms with E-state index in [1.165, 1.54) is 4.90 Å². The first kappa shape index (κ1) is 14.1. The van der Waals surface area contributed by atoms with Crippen LogP contribution in [0.15, 0.2) is 22.7 Å². The number of carboxylic acid groups (broad SMARTS) is 1. The summed E-state index contributed by atoms with van der Waals surface area (Å²) in [5.41, 5.74) is 1.57. The number of aliphatic carboxylic acids is 1. The summed E-state index contributed by atoms with van der Waals surface area (Å²) in [4.78, 5) is 25.1. The van der Waals surface area contributed by atoms with E-state index in [4.69, 9.17) is 5.11 Å². The Hall–Kier alpha value is -1.36. The van der Waals surface area contributed by atoms with Gasteiger partial charge in [-0.25, -0.2) is 4.79 Å². The van der Waals surface area contributed by atoms with Gasteiger partial charge in [-0.3, -0.25) is 4.79 Å². The maximum absolute atomic E-state index is 12.5. The molecule has 4 nitrogen and oxygen atoms in total. The van der Waals surface area contributed by atoms with Crippen molar-refractivity contribution in [2.45, 2.75) is 38.8 Å². The minimum Gasteiger partial charge on any atom is -0.480 e. The topological polar surface area (TPSA) is 57.6 Å². The second kappa shape index (κ2) is 5.33. The Balaban J connectivity index is 2.28. The highest BCUT2D eigenvalue weighted by atomic mass is 79.9. The normalized spacial score (nSPS) is 15.9. The van der Waals surface area contributed by atoms with Gasteiger partial charge in [-0.05, 0) is 44.4 Å². The van der Waals surface area contributed by atoms with Crippen LogP contribution in [0.2, 0.25) is 0 Å². The van der Waals surface area contributed by atoms with Gasteiger partial charge in [0, 0.05) is 16.1 Å². The van der Waals surface area contributed by atoms with Crippen LogP contribution in [-0.4, -0.2) is 34.0 Å². The number of hydrogen-bond acceptors (Lipinski definition) is 2. The van der Waals surface area contributed by atoms with E-state index in [9.17, 15) is 9.59 Å². The summed E-state index contributed by atoms with van der Waals surface area (Å²) in [6, 6.07) is 4.63. The van der Waals surface area contributed by atoms with Gasteiger partial charge >= 0.3 is 5.97 Å². The van der Waals surface area contributed by atoms with Gasteiger partial charge in [0.15, 0.2) is 0 Å². The first-order chi connectivity index (χ1) is 8.91. The molecule has 0 aliphatic heterocycles. The molecule has 5 heteroatoms. The summed E-state index contributed by atoms with van der Waals surface area (Å²) < 4.78 is 0.858. The zero-order chi connectivity index (χ0) is 14.2. The largest absolute Gasteiger partial charge is 0.480 e. The van der Waals surface area contributed by atoms with Crippen LogP contribution < -0.4 is 0 Å². The average molecular weight is 326 g/mol. The van der Waals surface area contributed by atoms with Gasteiger partial charge in [0.2, 0.25) is 0 Å². The Bertz CT molecular complexity index is 525. The van der Waals surface area contributed by atoms with E-state index in [1.807, 2.05) is 13.0 Å². The lowest BCUT2D eigenvalue weighted by atomic mass is 10.1. The number of carbonyl (C=O) groups excluding carboxylic acids is 1. The molecule has 19 heavy (non-hydrogen) atoms. The van der Waals surface area contributed by atoms with Crippen LogP contribution in [-0.2, 0) is 4.79 Å². The van der Waals surface area contributed by atoms with E-state index in [2.05, 4.69) is 15.9 Å². The van der Waals surface area contributed by atoms with Crippen molar-refractivity contribution < 1.29 is 14.7 Å². The Labute approximate surface area is 120 Å². The summed E-state index contributed by atoms with van der Waals surface area (Å²) in [6.45, 7) is 3.50. The lowest BCUT2D eigenvalue weighted by molar-refractivity contribution is -0.141. The fraction of sp³-hybridized carbons (Fsp3) is 0.429. The number of benzene rings is 1. The molecule has 1 aromatic rings. The van der Waals surface area contributed by atoms with Gasteiger partial charge in [-0.15, -0.1) is 0 Å². The van der Waals surface area contributed by atoms with E-state index in [0.29, 0.717) is 5.56 Å². The second-order valence-corrected chi connectivity index (χ2v) is 5.78. The molecule has 0 aromatic heterocycles. The molecule has 1 saturated carbocycles. The van der Waals surface area contributed by atoms with Crippen LogP contribution in [0.5, 0.6) is 0 Å². The highest BCUT2D eigenvalue weighted by Crippen LogP contribution is 2.31. The standard InChI is InChI=1S/C14H16BrNO3/c1-8-3-4-10(7-12(8)15)13(17)16(11-5-6-11)9(2)14(18)19/h3-4,7,9,11H,5-6H2,1-2H3,(H,18,19). The van der Waals surface area contributed by atoms with Gasteiger partial charge in [-0.1, -0.05) is 22.0 Å². The quantitative estimate of drug-likeness (QED) is 0.926. The number of amides is 1. The molecule has 0 saturated heterocycles. The Kier molecular flexibility index (Phi) is 3.94. The van der Waals surface area contributed by atoms with E-state index in [0.717, 1.165) is 22.9 Å². The van der Waals surface area contributed by atoms with Crippen molar-refractivity contribution >= 4 is 27.8 Å². The molecule has 0 heterocycles. The van der Waals surface area contributed by atoms with Gasteiger partial charge in [0.05, 0.1) is 0 Å². The third-order valence-corrected chi connectivity index (χ3v) is 4.22. The Morgan fingerprint density at radius 2 is 2.05 bits per heavy atom. The molecular weight excluding hydrogens is 310 g/mol. The number of hydrogen-bond donors (Lipinski definition) is 1. The van der Waals surface area contributed by atoms with Crippen LogP contribution in [0.1, 0.15) is 35.7 Å². The lowest BCUT2D eigenvalue weighted by Crippen LogP contribution is -2.44. The molecule has 1 aliphatic carbocycles. The van der Waals surface area contributed by atoms with Gasteiger partial charge < -0.3 is 10.0 Å². The van der Waals surface area contributed by atoms with Crippen molar-refractivity contribution in [1.29, 1.82) is 0 Å². The highest BCUT2D eigenvalue weighted by molar-refractivity contribution is 9.10. The third kappa shape index (κ3) is 2.97. The second-order valence-electron chi connectivity index (χ2n) is 4.92. The minimum absolute atomic E-state index is 0.0682. The summed E-state index contributed by atoms with van der Waals surface area (Å²) in [5.74, 6) is -1.18. The van der Waals surface area contributed by atoms with E-state index >= 15 is 0 Å². The highest BCUT2D eigenvalue weighted by Gasteiger charge is 2.38. The molecule has 0 bridgehead atoms. The molecule has 1 aromatic carbocycles. The van der Waals surface area contributed by atoms with Crippen molar-refractivity contribution in [3.63, 3.8) is 0 Å². The monoisotopic (exact) mass is 325 g/mol. The fourth-order valence-corrected chi connectivity index (χ4v) is 2.38. The summed E-state index contributed by atoms with van der Waals surface area (Å²) >= 11 is 3.40. The molecular formula is C14H16BrNO3. The molecule has 0 spiro atoms. The molecule has 1 atom stereocenters. The van der Waals surface area contributed by atoms with Crippen molar-refractivity contribution in [3.05, 3.63) is 33.8 Å². The van der Waals surface area contributed by atoms with E-state index in [1.54, 1.807) is 19.1 Å². The van der Waals surface area contributed by atoms with Gasteiger partial charge in [-0.2, -0.15) is 0 Å². The maximum Gasteiger partial charge on any atom is 0.326 e. The smallest absolute Gasteiger partial charge is 0.326 e. The minimum atomic E-state index is -0.966. The Morgan fingerprint density at radius 1 is 1.42 bits per heavy atom. The average Bonchev–Trinajstić information content (AvgIpc) is 3.17. The van der Waals surface area contributed by atoms with E-state index < -0.39 is 12.0 Å². The number of carboxylic acids is 1. The van der Waals surface area contributed by atoms with Crippen LogP contribution in [0.3, 0.4) is 0 Å². The zero-order valence-electron chi connectivity index (χ0n) is 10.9. The lowest BCUT2D eigenvalue weighted by Gasteiger charge is -2.26. The van der Waals surface area contributed by atoms with E-state index in [-0.39, 0.29) is 11.9 Å². The summed E-state index contributed by atoms with van der Waals surface area (Å²) in [5, 5.41) is 9.12. The van der Waals surface area contributed by atoms with Crippen LogP contribution in [0.4, 0.5) is 0 Å². The first-order valence-corrected chi connectivity index (χ1v) is 7.02. The summed E-state index contributed by atoms with van der Waals surface area (Å²) in [7, 11) is 0. The van der Waals surface area contributed by atoms with Crippen LogP contribution in [0.25, 0.3) is 0 Å². The number of carbonyl (C=O) groups is 2. The molecule has 1 amide bonds. The molecule has 1 aliphatic rings. The third-order valence-electron chi connectivity index (χ3n) is 3.37. The molecule has 1 fully saturated rings. The number of halogens is 1. The summed E-state index contributed by atoms with van der Waals surface area (Å²) in [6.07, 6.45) is 1.77. The Morgan fingerprint density at radius 3 is 2.53 bits per heavy atom. The molecule has 1 unspecified atom stereocenters. The molecule has 2 rings (SSSR count). The van der Waals surface area contributed by atoms with Crippen molar-refractivity contribution in [1.82, 2.24) is 4.90 Å². The number of rotatable bonds is 4. The predicted molar refractivity (Wildman–Crippen MR) is 75.2 cm³/mol. The zero-order valence-corrected chi connectivity index (χ0v) is 12.5. The van der Waals surface area contributed by atoms with Crippen LogP contribution in [0, 0.1) is 6.92 Å². The molecule has 1 N–H and O–H groups in total. The predicted octanol–water partition coefficient (Wildman–Crippen LogP) is 2.84. The van der Waals surface area contributed by atoms with Gasteiger partial charge in [0.25, 0.3) is 5.91 Å². The fourth-order valence-electron chi connectivity index (χ4n) is 2.00. The van der Waals surface area contributed by atoms with Crippen molar-refractivity contribution in [3.8, 4) is 0 Å². The SMILES string of the molecule is Cc1ccc(C(=O)N(C2CC2)C(C)C(=O)O)cc1Br. The molecule has 0 radical (unpaired) electrons. The molecule has 102 valence electrons. The van der Waals surface area contributed by atoms with Crippen molar-refractivity contribution in [2.75, 3.05) is 0 Å². The van der Waals surface area contributed by atoms with Crippen LogP contribution >= 0.6 is 15.9 Å². The maximum atomic E-state index is 12.5. The number of nitrogens with zero attached hydrogens (tertiary/aromatic N) is 1. The first-order valence-electron chi connectivity index (χ1n) is 6.23.